The normalized spacial score (nSPS) is 16.7. The van der Waals surface area contributed by atoms with Crippen LogP contribution in [0.25, 0.3) is 10.8 Å². The molecule has 13 heteroatoms. The Morgan fingerprint density at radius 2 is 1.55 bits per heavy atom. The molecular formula is C31H38N6O7. The standard InChI is InChI=1S/C31H38N6O7/c1-17(2)27(31(44)37-25(39)12-13-26(37)40)35-28(41)18(3)33-29(42)22(16-24(32)38)34-30(43)23-9-6-14-36(23)21-11-10-19-7-4-5-8-20(19)15-21/h4-5,7-8,10-13,15,17-18,22-23,27,39-40H,6,9,14,16H2,1-3H3,(H2,32,38)(H,33,42)(H,34,43)(H,35,41)/t18-,22-,23?,27-/m0/s1. The molecule has 0 spiro atoms. The first kappa shape index (κ1) is 31.9. The number of anilines is 1. The largest absolute Gasteiger partial charge is 0.494 e. The zero-order chi connectivity index (χ0) is 32.1. The number of amides is 4. The number of hydrogen-bond donors (Lipinski definition) is 6. The maximum Gasteiger partial charge on any atom is 0.259 e. The Balaban J connectivity index is 1.42. The molecule has 0 aliphatic carbocycles. The number of primary amides is 1. The van der Waals surface area contributed by atoms with E-state index in [1.54, 1.807) is 13.8 Å². The van der Waals surface area contributed by atoms with Crippen LogP contribution in [-0.4, -0.2) is 75.0 Å². The van der Waals surface area contributed by atoms with Gasteiger partial charge in [-0.25, -0.2) is 4.57 Å². The molecule has 4 amide bonds. The van der Waals surface area contributed by atoms with Crippen LogP contribution in [0.15, 0.2) is 54.6 Å². The first-order valence-electron chi connectivity index (χ1n) is 14.5. The minimum atomic E-state index is -1.34. The lowest BCUT2D eigenvalue weighted by Crippen LogP contribution is -2.57. The number of carbonyl (C=O) groups excluding carboxylic acids is 5. The van der Waals surface area contributed by atoms with Gasteiger partial charge in [0.2, 0.25) is 35.4 Å². The van der Waals surface area contributed by atoms with Gasteiger partial charge in [-0.15, -0.1) is 0 Å². The van der Waals surface area contributed by atoms with Crippen molar-refractivity contribution in [1.82, 2.24) is 20.5 Å². The first-order chi connectivity index (χ1) is 20.9. The fraction of sp³-hybridized carbons (Fsp3) is 0.387. The van der Waals surface area contributed by atoms with E-state index >= 15 is 0 Å². The fourth-order valence-corrected chi connectivity index (χ4v) is 5.33. The molecule has 1 fully saturated rings. The van der Waals surface area contributed by atoms with Crippen LogP contribution in [0.4, 0.5) is 5.69 Å². The Kier molecular flexibility index (Phi) is 9.77. The molecule has 234 valence electrons. The van der Waals surface area contributed by atoms with Crippen LogP contribution in [0.3, 0.4) is 0 Å². The molecule has 2 aromatic carbocycles. The molecule has 0 radical (unpaired) electrons. The van der Waals surface area contributed by atoms with Gasteiger partial charge in [-0.3, -0.25) is 24.0 Å². The van der Waals surface area contributed by atoms with Crippen molar-refractivity contribution >= 4 is 46.0 Å². The second kappa shape index (κ2) is 13.5. The maximum absolute atomic E-state index is 13.4. The summed E-state index contributed by atoms with van der Waals surface area (Å²) in [5.74, 6) is -5.04. The summed E-state index contributed by atoms with van der Waals surface area (Å²) in [5, 5.41) is 29.6. The average Bonchev–Trinajstić information content (AvgIpc) is 3.60. The Morgan fingerprint density at radius 1 is 0.886 bits per heavy atom. The number of nitrogens with zero attached hydrogens (tertiary/aromatic N) is 2. The van der Waals surface area contributed by atoms with Crippen LogP contribution in [0, 0.1) is 5.92 Å². The summed E-state index contributed by atoms with van der Waals surface area (Å²) in [5.41, 5.74) is 6.24. The number of nitrogens with one attached hydrogen (secondary N) is 3. The minimum Gasteiger partial charge on any atom is -0.494 e. The summed E-state index contributed by atoms with van der Waals surface area (Å²) in [7, 11) is 0. The van der Waals surface area contributed by atoms with E-state index in [-0.39, 0.29) is 0 Å². The van der Waals surface area contributed by atoms with E-state index in [1.807, 2.05) is 47.4 Å². The SMILES string of the molecule is CC(C)[C@H](NC(=O)[C@H](C)NC(=O)[C@H](CC(N)=O)NC(=O)C1CCCN1c1ccc2ccccc2c1)C(=O)n1c(O)ccc1O. The third-order valence-electron chi connectivity index (χ3n) is 7.70. The van der Waals surface area contributed by atoms with Gasteiger partial charge in [0.15, 0.2) is 0 Å². The van der Waals surface area contributed by atoms with Gasteiger partial charge >= 0.3 is 0 Å². The van der Waals surface area contributed by atoms with Crippen molar-refractivity contribution in [2.45, 2.75) is 64.2 Å². The van der Waals surface area contributed by atoms with Gasteiger partial charge in [-0.2, -0.15) is 0 Å². The second-order valence-electron chi connectivity index (χ2n) is 11.3. The minimum absolute atomic E-state index is 0.450. The maximum atomic E-state index is 13.4. The van der Waals surface area contributed by atoms with Crippen LogP contribution < -0.4 is 26.6 Å². The second-order valence-corrected chi connectivity index (χ2v) is 11.3. The summed E-state index contributed by atoms with van der Waals surface area (Å²) >= 11 is 0. The van der Waals surface area contributed by atoms with E-state index in [2.05, 4.69) is 16.0 Å². The predicted octanol–water partition coefficient (Wildman–Crippen LogP) is 1.37. The molecule has 1 aliphatic rings. The Morgan fingerprint density at radius 3 is 2.18 bits per heavy atom. The summed E-state index contributed by atoms with van der Waals surface area (Å²) in [4.78, 5) is 66.4. The highest BCUT2D eigenvalue weighted by Gasteiger charge is 2.35. The molecule has 1 aromatic heterocycles. The van der Waals surface area contributed by atoms with Crippen molar-refractivity contribution in [3.05, 3.63) is 54.6 Å². The van der Waals surface area contributed by atoms with E-state index in [9.17, 15) is 34.2 Å². The van der Waals surface area contributed by atoms with Crippen LogP contribution in [0.2, 0.25) is 0 Å². The van der Waals surface area contributed by atoms with Crippen molar-refractivity contribution < 1.29 is 34.2 Å². The molecule has 1 unspecified atom stereocenters. The number of rotatable bonds is 11. The molecule has 44 heavy (non-hydrogen) atoms. The van der Waals surface area contributed by atoms with Gasteiger partial charge in [-0.1, -0.05) is 44.2 Å². The van der Waals surface area contributed by atoms with Gasteiger partial charge in [0.1, 0.15) is 24.2 Å². The Bertz CT molecular complexity index is 1550. The lowest BCUT2D eigenvalue weighted by molar-refractivity contribution is -0.133. The molecule has 4 atom stereocenters. The quantitative estimate of drug-likeness (QED) is 0.188. The molecule has 1 saturated heterocycles. The van der Waals surface area contributed by atoms with Crippen molar-refractivity contribution in [3.63, 3.8) is 0 Å². The number of hydrogen-bond acceptors (Lipinski definition) is 8. The van der Waals surface area contributed by atoms with Crippen molar-refractivity contribution in [1.29, 1.82) is 0 Å². The average molecular weight is 607 g/mol. The molecule has 7 N–H and O–H groups in total. The van der Waals surface area contributed by atoms with E-state index in [0.717, 1.165) is 35.0 Å². The lowest BCUT2D eigenvalue weighted by Gasteiger charge is -2.28. The third-order valence-corrected chi connectivity index (χ3v) is 7.70. The van der Waals surface area contributed by atoms with E-state index in [1.165, 1.54) is 6.92 Å². The zero-order valence-electron chi connectivity index (χ0n) is 24.8. The first-order valence-corrected chi connectivity index (χ1v) is 14.5. The smallest absolute Gasteiger partial charge is 0.259 e. The highest BCUT2D eigenvalue weighted by Crippen LogP contribution is 2.29. The van der Waals surface area contributed by atoms with Gasteiger partial charge in [0.25, 0.3) is 5.91 Å². The van der Waals surface area contributed by atoms with Gasteiger partial charge in [0, 0.05) is 24.4 Å². The zero-order valence-corrected chi connectivity index (χ0v) is 24.8. The number of aromatic nitrogens is 1. The van der Waals surface area contributed by atoms with Gasteiger partial charge in [-0.05, 0) is 48.6 Å². The molecule has 4 rings (SSSR count). The lowest BCUT2D eigenvalue weighted by atomic mass is 10.0. The van der Waals surface area contributed by atoms with Crippen LogP contribution >= 0.6 is 0 Å². The number of carbonyl (C=O) groups is 5. The van der Waals surface area contributed by atoms with Crippen LogP contribution in [0.5, 0.6) is 11.8 Å². The number of nitrogens with two attached hydrogens (primary N) is 1. The molecule has 2 heterocycles. The highest BCUT2D eigenvalue weighted by molar-refractivity contribution is 5.98. The summed E-state index contributed by atoms with van der Waals surface area (Å²) in [6.45, 7) is 5.33. The molecule has 0 saturated carbocycles. The summed E-state index contributed by atoms with van der Waals surface area (Å²) < 4.78 is 0.664. The monoisotopic (exact) mass is 606 g/mol. The number of benzene rings is 2. The predicted molar refractivity (Wildman–Crippen MR) is 163 cm³/mol. The highest BCUT2D eigenvalue weighted by atomic mass is 16.3. The molecular weight excluding hydrogens is 568 g/mol. The number of aromatic hydroxyl groups is 2. The van der Waals surface area contributed by atoms with Crippen LogP contribution in [-0.2, 0) is 19.2 Å². The van der Waals surface area contributed by atoms with E-state index < -0.39 is 77.8 Å². The van der Waals surface area contributed by atoms with Crippen LogP contribution in [0.1, 0.15) is 44.8 Å². The number of fused-ring (bicyclic) bond motifs is 1. The Labute approximate surface area is 254 Å². The van der Waals surface area contributed by atoms with Gasteiger partial charge < -0.3 is 36.8 Å². The van der Waals surface area contributed by atoms with Gasteiger partial charge in [0.05, 0.1) is 6.42 Å². The fourth-order valence-electron chi connectivity index (χ4n) is 5.33. The molecule has 0 bridgehead atoms. The summed E-state index contributed by atoms with van der Waals surface area (Å²) in [6, 6.07) is 11.8. The summed E-state index contributed by atoms with van der Waals surface area (Å²) in [6.07, 6.45) is 0.802. The molecule has 1 aliphatic heterocycles. The van der Waals surface area contributed by atoms with Crippen molar-refractivity contribution in [2.75, 3.05) is 11.4 Å². The molecule has 13 nitrogen and oxygen atoms in total. The topological polar surface area (TPSA) is 196 Å². The van der Waals surface area contributed by atoms with Crippen molar-refractivity contribution in [2.24, 2.45) is 11.7 Å². The third kappa shape index (κ3) is 7.10. The van der Waals surface area contributed by atoms with E-state index in [0.29, 0.717) is 17.5 Å². The van der Waals surface area contributed by atoms with Crippen molar-refractivity contribution in [3.8, 4) is 11.8 Å². The Hall–Kier alpha value is -5.07. The van der Waals surface area contributed by atoms with E-state index in [4.69, 9.17) is 5.73 Å². The molecule has 3 aromatic rings.